The van der Waals surface area contributed by atoms with E-state index in [1.165, 1.54) is 20.6 Å². The molecule has 144 valence electrons. The third-order valence-electron chi connectivity index (χ3n) is 5.32. The van der Waals surface area contributed by atoms with Crippen LogP contribution in [0.5, 0.6) is 11.5 Å². The van der Waals surface area contributed by atoms with Gasteiger partial charge in [0.2, 0.25) is 0 Å². The Morgan fingerprint density at radius 2 is 1.88 bits per heavy atom. The Kier molecular flexibility index (Phi) is 6.89. The van der Waals surface area contributed by atoms with Gasteiger partial charge in [-0.15, -0.1) is 0 Å². The lowest BCUT2D eigenvalue weighted by Crippen LogP contribution is -2.47. The summed E-state index contributed by atoms with van der Waals surface area (Å²) in [5, 5.41) is 3.04. The molecule has 1 aromatic carbocycles. The number of amides is 1. The molecule has 0 aliphatic heterocycles. The molecule has 0 bridgehead atoms. The monoisotopic (exact) mass is 363 g/mol. The van der Waals surface area contributed by atoms with Crippen molar-refractivity contribution in [1.82, 2.24) is 5.32 Å². The largest absolute Gasteiger partial charge is 0.497 e. The molecular formula is C20H29NO5. The summed E-state index contributed by atoms with van der Waals surface area (Å²) in [7, 11) is 3.00. The van der Waals surface area contributed by atoms with E-state index in [0.717, 1.165) is 12.8 Å². The predicted molar refractivity (Wildman–Crippen MR) is 98.5 cm³/mol. The summed E-state index contributed by atoms with van der Waals surface area (Å²) in [6.07, 6.45) is 2.38. The molecule has 1 aromatic rings. The molecule has 1 amide bonds. The highest BCUT2D eigenvalue weighted by molar-refractivity contribution is 5.95. The van der Waals surface area contributed by atoms with Crippen LogP contribution in [0.25, 0.3) is 0 Å². The van der Waals surface area contributed by atoms with Gasteiger partial charge in [-0.05, 0) is 37.3 Å². The molecule has 1 fully saturated rings. The number of hydrogen-bond donors (Lipinski definition) is 1. The van der Waals surface area contributed by atoms with Crippen molar-refractivity contribution in [2.45, 2.75) is 52.2 Å². The lowest BCUT2D eigenvalue weighted by Gasteiger charge is -2.35. The van der Waals surface area contributed by atoms with Crippen LogP contribution >= 0.6 is 0 Å². The molecule has 0 saturated heterocycles. The second-order valence-electron chi connectivity index (χ2n) is 7.00. The Morgan fingerprint density at radius 1 is 1.15 bits per heavy atom. The van der Waals surface area contributed by atoms with Crippen molar-refractivity contribution in [2.24, 2.45) is 11.8 Å². The number of nitrogens with one attached hydrogen (secondary N) is 1. The van der Waals surface area contributed by atoms with Crippen molar-refractivity contribution >= 4 is 11.9 Å². The summed E-state index contributed by atoms with van der Waals surface area (Å²) >= 11 is 0. The molecule has 0 spiro atoms. The highest BCUT2D eigenvalue weighted by Crippen LogP contribution is 2.29. The smallest absolute Gasteiger partial charge is 0.342 e. The van der Waals surface area contributed by atoms with Crippen LogP contribution in [0.1, 0.15) is 50.4 Å². The number of esters is 1. The van der Waals surface area contributed by atoms with Crippen molar-refractivity contribution in [3.05, 3.63) is 23.8 Å². The van der Waals surface area contributed by atoms with E-state index in [2.05, 4.69) is 19.2 Å². The van der Waals surface area contributed by atoms with E-state index in [0.29, 0.717) is 23.3 Å². The van der Waals surface area contributed by atoms with Gasteiger partial charge in [0, 0.05) is 12.1 Å². The molecule has 26 heavy (non-hydrogen) atoms. The Labute approximate surface area is 155 Å². The Balaban J connectivity index is 1.99. The average molecular weight is 363 g/mol. The fraction of sp³-hybridized carbons (Fsp3) is 0.600. The molecule has 1 saturated carbocycles. The first-order valence-corrected chi connectivity index (χ1v) is 9.10. The van der Waals surface area contributed by atoms with Crippen LogP contribution in [-0.4, -0.2) is 38.2 Å². The van der Waals surface area contributed by atoms with E-state index >= 15 is 0 Å². The van der Waals surface area contributed by atoms with Gasteiger partial charge < -0.3 is 19.5 Å². The normalized spacial score (nSPS) is 23.7. The first-order chi connectivity index (χ1) is 12.4. The van der Waals surface area contributed by atoms with Gasteiger partial charge in [0.15, 0.2) is 6.10 Å². The third kappa shape index (κ3) is 4.68. The molecule has 1 N–H and O–H groups in total. The van der Waals surface area contributed by atoms with Crippen LogP contribution in [0.3, 0.4) is 0 Å². The summed E-state index contributed by atoms with van der Waals surface area (Å²) in [6, 6.07) is 4.94. The van der Waals surface area contributed by atoms with Crippen molar-refractivity contribution in [1.29, 1.82) is 0 Å². The molecule has 2 rings (SSSR count). The van der Waals surface area contributed by atoms with Crippen molar-refractivity contribution in [3.63, 3.8) is 0 Å². The van der Waals surface area contributed by atoms with E-state index in [1.54, 1.807) is 25.1 Å². The second kappa shape index (κ2) is 8.92. The summed E-state index contributed by atoms with van der Waals surface area (Å²) in [5.74, 6) is 1.04. The summed E-state index contributed by atoms with van der Waals surface area (Å²) in [5.41, 5.74) is 0.257. The number of benzene rings is 1. The highest BCUT2D eigenvalue weighted by atomic mass is 16.5. The fourth-order valence-electron chi connectivity index (χ4n) is 3.33. The zero-order valence-electron chi connectivity index (χ0n) is 16.2. The topological polar surface area (TPSA) is 73.9 Å². The van der Waals surface area contributed by atoms with Gasteiger partial charge in [0.05, 0.1) is 14.2 Å². The molecule has 1 aliphatic rings. The average Bonchev–Trinajstić information content (AvgIpc) is 2.64. The van der Waals surface area contributed by atoms with Crippen LogP contribution in [0.4, 0.5) is 0 Å². The lowest BCUT2D eigenvalue weighted by atomic mass is 9.78. The molecule has 6 nitrogen and oxygen atoms in total. The van der Waals surface area contributed by atoms with E-state index in [-0.39, 0.29) is 17.5 Å². The molecule has 0 aromatic heterocycles. The van der Waals surface area contributed by atoms with Gasteiger partial charge >= 0.3 is 5.97 Å². The maximum absolute atomic E-state index is 12.4. The minimum atomic E-state index is -0.876. The third-order valence-corrected chi connectivity index (χ3v) is 5.32. The molecule has 0 radical (unpaired) electrons. The number of ether oxygens (including phenoxy) is 3. The highest BCUT2D eigenvalue weighted by Gasteiger charge is 2.30. The van der Waals surface area contributed by atoms with E-state index < -0.39 is 12.1 Å². The molecule has 6 heteroatoms. The maximum atomic E-state index is 12.4. The maximum Gasteiger partial charge on any atom is 0.342 e. The first kappa shape index (κ1) is 20.1. The number of carbonyl (C=O) groups is 2. The summed E-state index contributed by atoms with van der Waals surface area (Å²) in [4.78, 5) is 24.9. The van der Waals surface area contributed by atoms with Crippen molar-refractivity contribution in [3.8, 4) is 11.5 Å². The number of carbonyl (C=O) groups excluding carboxylic acids is 2. The van der Waals surface area contributed by atoms with Gasteiger partial charge in [0.1, 0.15) is 17.1 Å². The SMILES string of the molecule is COc1ccc(C(=O)O[C@H](C)C(=O)N[C@@H]2CCC[C@H](C)[C@H]2C)c(OC)c1. The quantitative estimate of drug-likeness (QED) is 0.786. The van der Waals surface area contributed by atoms with Crippen LogP contribution in [0.15, 0.2) is 18.2 Å². The molecule has 1 aliphatic carbocycles. The summed E-state index contributed by atoms with van der Waals surface area (Å²) in [6.45, 7) is 5.95. The van der Waals surface area contributed by atoms with Crippen LogP contribution in [0, 0.1) is 11.8 Å². The fourth-order valence-corrected chi connectivity index (χ4v) is 3.33. The number of hydrogen-bond acceptors (Lipinski definition) is 5. The number of methoxy groups -OCH3 is 2. The second-order valence-corrected chi connectivity index (χ2v) is 7.00. The zero-order valence-corrected chi connectivity index (χ0v) is 16.2. The van der Waals surface area contributed by atoms with Gasteiger partial charge in [-0.3, -0.25) is 4.79 Å². The standard InChI is InChI=1S/C20H29NO5/c1-12-7-6-8-17(13(12)2)21-19(22)14(3)26-20(23)16-10-9-15(24-4)11-18(16)25-5/h9-14,17H,6-8H2,1-5H3,(H,21,22)/t12-,13+,14+,17+/m0/s1. The van der Waals surface area contributed by atoms with E-state index in [9.17, 15) is 9.59 Å². The minimum absolute atomic E-state index is 0.128. The van der Waals surface area contributed by atoms with Gasteiger partial charge in [-0.25, -0.2) is 4.79 Å². The van der Waals surface area contributed by atoms with E-state index in [1.807, 2.05) is 0 Å². The summed E-state index contributed by atoms with van der Waals surface area (Å²) < 4.78 is 15.7. The lowest BCUT2D eigenvalue weighted by molar-refractivity contribution is -0.130. The minimum Gasteiger partial charge on any atom is -0.497 e. The zero-order chi connectivity index (χ0) is 19.3. The Morgan fingerprint density at radius 3 is 2.54 bits per heavy atom. The first-order valence-electron chi connectivity index (χ1n) is 9.10. The van der Waals surface area contributed by atoms with Gasteiger partial charge in [0.25, 0.3) is 5.91 Å². The molecule has 0 heterocycles. The Bertz CT molecular complexity index is 645. The van der Waals surface area contributed by atoms with Crippen molar-refractivity contribution in [2.75, 3.05) is 14.2 Å². The predicted octanol–water partition coefficient (Wildman–Crippen LogP) is 3.19. The number of rotatable bonds is 6. The van der Waals surface area contributed by atoms with Crippen LogP contribution in [-0.2, 0) is 9.53 Å². The van der Waals surface area contributed by atoms with Gasteiger partial charge in [-0.1, -0.05) is 26.7 Å². The molecule has 0 unspecified atom stereocenters. The molecule has 4 atom stereocenters. The van der Waals surface area contributed by atoms with Crippen molar-refractivity contribution < 1.29 is 23.8 Å². The van der Waals surface area contributed by atoms with Crippen LogP contribution in [0.2, 0.25) is 0 Å². The van der Waals surface area contributed by atoms with Gasteiger partial charge in [-0.2, -0.15) is 0 Å². The Hall–Kier alpha value is -2.24. The van der Waals surface area contributed by atoms with E-state index in [4.69, 9.17) is 14.2 Å². The van der Waals surface area contributed by atoms with Crippen LogP contribution < -0.4 is 14.8 Å². The molecular weight excluding hydrogens is 334 g/mol.